The van der Waals surface area contributed by atoms with E-state index in [1.54, 1.807) is 6.92 Å². The Kier molecular flexibility index (Phi) is 5.54. The Hall–Kier alpha value is -0.0600. The van der Waals surface area contributed by atoms with Crippen molar-refractivity contribution in [1.29, 1.82) is 0 Å². The molecule has 2 nitrogen and oxygen atoms in total. The van der Waals surface area contributed by atoms with E-state index in [0.29, 0.717) is 0 Å². The standard InChI is InChI=1S/C8H14INO/c1-6(8(3)11)4-5-7(2)10-9/h6,10H,2,4-5H2,1,3H3/t6-/m0/s1. The number of nitrogens with one attached hydrogen (secondary N) is 1. The predicted molar refractivity (Wildman–Crippen MR) is 55.4 cm³/mol. The topological polar surface area (TPSA) is 29.1 Å². The molecule has 0 rings (SSSR count). The van der Waals surface area contributed by atoms with Crippen LogP contribution in [-0.2, 0) is 4.79 Å². The summed E-state index contributed by atoms with van der Waals surface area (Å²) >= 11 is 2.04. The normalized spacial score (nSPS) is 12.3. The molecule has 0 fully saturated rings. The van der Waals surface area contributed by atoms with E-state index in [4.69, 9.17) is 0 Å². The highest BCUT2D eigenvalue weighted by Gasteiger charge is 2.06. The van der Waals surface area contributed by atoms with E-state index in [0.717, 1.165) is 18.5 Å². The van der Waals surface area contributed by atoms with Gasteiger partial charge in [0.2, 0.25) is 0 Å². The molecule has 0 saturated heterocycles. The van der Waals surface area contributed by atoms with Crippen LogP contribution in [0.2, 0.25) is 0 Å². The smallest absolute Gasteiger partial charge is 0.132 e. The molecule has 0 aliphatic carbocycles. The van der Waals surface area contributed by atoms with E-state index in [1.807, 2.05) is 29.8 Å². The van der Waals surface area contributed by atoms with Gasteiger partial charge in [-0.25, -0.2) is 0 Å². The van der Waals surface area contributed by atoms with Gasteiger partial charge in [0.1, 0.15) is 5.78 Å². The molecular formula is C8H14INO. The molecule has 1 atom stereocenters. The molecule has 0 aliphatic heterocycles. The Bertz CT molecular complexity index is 156. The fourth-order valence-electron chi connectivity index (χ4n) is 0.641. The Balaban J connectivity index is 3.54. The van der Waals surface area contributed by atoms with Gasteiger partial charge in [-0.1, -0.05) is 13.5 Å². The van der Waals surface area contributed by atoms with E-state index in [9.17, 15) is 4.79 Å². The van der Waals surface area contributed by atoms with Gasteiger partial charge in [0.15, 0.2) is 0 Å². The zero-order valence-corrected chi connectivity index (χ0v) is 9.14. The van der Waals surface area contributed by atoms with Crippen molar-refractivity contribution in [2.24, 2.45) is 5.92 Å². The summed E-state index contributed by atoms with van der Waals surface area (Å²) in [6.45, 7) is 7.35. The maximum Gasteiger partial charge on any atom is 0.132 e. The van der Waals surface area contributed by atoms with Gasteiger partial charge in [-0.05, 0) is 19.8 Å². The molecule has 64 valence electrons. The van der Waals surface area contributed by atoms with Gasteiger partial charge in [-0.3, -0.25) is 4.79 Å². The molecule has 0 aromatic carbocycles. The highest BCUT2D eigenvalue weighted by molar-refractivity contribution is 14.1. The van der Waals surface area contributed by atoms with Crippen LogP contribution in [0.5, 0.6) is 0 Å². The minimum Gasteiger partial charge on any atom is -0.333 e. The lowest BCUT2D eigenvalue weighted by atomic mass is 10.0. The maximum absolute atomic E-state index is 10.8. The quantitative estimate of drug-likeness (QED) is 0.612. The second-order valence-corrected chi connectivity index (χ2v) is 3.29. The molecule has 0 amide bonds. The van der Waals surface area contributed by atoms with E-state index in [1.165, 1.54) is 0 Å². The Morgan fingerprint density at radius 3 is 2.64 bits per heavy atom. The largest absolute Gasteiger partial charge is 0.333 e. The van der Waals surface area contributed by atoms with Gasteiger partial charge in [0.05, 0.1) is 22.9 Å². The lowest BCUT2D eigenvalue weighted by molar-refractivity contribution is -0.120. The van der Waals surface area contributed by atoms with Crippen LogP contribution in [-0.4, -0.2) is 5.78 Å². The van der Waals surface area contributed by atoms with Crippen LogP contribution in [0.4, 0.5) is 0 Å². The molecular weight excluding hydrogens is 253 g/mol. The average molecular weight is 267 g/mol. The SMILES string of the molecule is C=C(CC[C@H](C)C(C)=O)NI. The van der Waals surface area contributed by atoms with E-state index in [2.05, 4.69) is 10.1 Å². The fourth-order valence-corrected chi connectivity index (χ4v) is 0.911. The van der Waals surface area contributed by atoms with Crippen molar-refractivity contribution in [2.75, 3.05) is 0 Å². The highest BCUT2D eigenvalue weighted by Crippen LogP contribution is 2.10. The second-order valence-electron chi connectivity index (χ2n) is 2.75. The number of ketones is 1. The summed E-state index contributed by atoms with van der Waals surface area (Å²) in [5, 5.41) is 0. The van der Waals surface area contributed by atoms with Crippen molar-refractivity contribution < 1.29 is 4.79 Å². The first kappa shape index (κ1) is 10.9. The number of carbonyl (C=O) groups is 1. The number of halogens is 1. The van der Waals surface area contributed by atoms with E-state index in [-0.39, 0.29) is 11.7 Å². The average Bonchev–Trinajstić information content (AvgIpc) is 1.99. The molecule has 0 saturated carbocycles. The van der Waals surface area contributed by atoms with Crippen LogP contribution in [0.1, 0.15) is 26.7 Å². The summed E-state index contributed by atoms with van der Waals surface area (Å²) in [4.78, 5) is 10.8. The third-order valence-electron chi connectivity index (χ3n) is 1.71. The predicted octanol–water partition coefficient (Wildman–Crippen LogP) is 2.45. The van der Waals surface area contributed by atoms with Crippen LogP contribution in [0.25, 0.3) is 0 Å². The minimum absolute atomic E-state index is 0.163. The van der Waals surface area contributed by atoms with Crippen LogP contribution >= 0.6 is 22.9 Å². The Morgan fingerprint density at radius 2 is 2.27 bits per heavy atom. The van der Waals surface area contributed by atoms with Gasteiger partial charge >= 0.3 is 0 Å². The monoisotopic (exact) mass is 267 g/mol. The van der Waals surface area contributed by atoms with Gasteiger partial charge in [-0.15, -0.1) is 0 Å². The second kappa shape index (κ2) is 5.57. The highest BCUT2D eigenvalue weighted by atomic mass is 127. The first-order chi connectivity index (χ1) is 5.07. The van der Waals surface area contributed by atoms with Crippen LogP contribution in [0, 0.1) is 5.92 Å². The Morgan fingerprint density at radius 1 is 1.73 bits per heavy atom. The number of rotatable bonds is 5. The van der Waals surface area contributed by atoms with Gasteiger partial charge in [0, 0.05) is 11.6 Å². The van der Waals surface area contributed by atoms with E-state index >= 15 is 0 Å². The van der Waals surface area contributed by atoms with Crippen molar-refractivity contribution >= 4 is 28.6 Å². The molecule has 0 aromatic rings. The molecule has 1 N–H and O–H groups in total. The summed E-state index contributed by atoms with van der Waals surface area (Å²) in [5.41, 5.74) is 0.985. The van der Waals surface area contributed by atoms with Crippen LogP contribution < -0.4 is 3.53 Å². The molecule has 0 aliphatic rings. The fraction of sp³-hybridized carbons (Fsp3) is 0.625. The van der Waals surface area contributed by atoms with Crippen molar-refractivity contribution in [1.82, 2.24) is 3.53 Å². The molecule has 0 unspecified atom stereocenters. The Labute approximate surface area is 81.9 Å². The summed E-state index contributed by atoms with van der Waals surface area (Å²) in [6, 6.07) is 0. The number of Topliss-reactive ketones (excluding diaryl/α,β-unsaturated/α-hetero) is 1. The first-order valence-corrected chi connectivity index (χ1v) is 4.70. The molecule has 0 spiro atoms. The van der Waals surface area contributed by atoms with Gasteiger partial charge < -0.3 is 3.53 Å². The lowest BCUT2D eigenvalue weighted by Crippen LogP contribution is -2.07. The molecule has 0 radical (unpaired) electrons. The maximum atomic E-state index is 10.8. The third kappa shape index (κ3) is 5.24. The number of allylic oxidation sites excluding steroid dienone is 1. The van der Waals surface area contributed by atoms with E-state index < -0.39 is 0 Å². The molecule has 0 bridgehead atoms. The van der Waals surface area contributed by atoms with Crippen LogP contribution in [0.15, 0.2) is 12.3 Å². The van der Waals surface area contributed by atoms with Crippen molar-refractivity contribution in [2.45, 2.75) is 26.7 Å². The lowest BCUT2D eigenvalue weighted by Gasteiger charge is -2.07. The number of hydrogen-bond acceptors (Lipinski definition) is 2. The van der Waals surface area contributed by atoms with Crippen LogP contribution in [0.3, 0.4) is 0 Å². The van der Waals surface area contributed by atoms with Crippen molar-refractivity contribution in [3.05, 3.63) is 12.3 Å². The molecule has 0 heterocycles. The number of carbonyl (C=O) groups excluding carboxylic acids is 1. The minimum atomic E-state index is 0.163. The zero-order chi connectivity index (χ0) is 8.85. The number of hydrogen-bond donors (Lipinski definition) is 1. The summed E-state index contributed by atoms with van der Waals surface area (Å²) in [6.07, 6.45) is 1.77. The summed E-state index contributed by atoms with van der Waals surface area (Å²) < 4.78 is 2.92. The zero-order valence-electron chi connectivity index (χ0n) is 6.98. The molecule has 3 heteroatoms. The van der Waals surface area contributed by atoms with Gasteiger partial charge in [-0.2, -0.15) is 0 Å². The van der Waals surface area contributed by atoms with Crippen molar-refractivity contribution in [3.63, 3.8) is 0 Å². The third-order valence-corrected chi connectivity index (χ3v) is 2.47. The molecule has 0 aromatic heterocycles. The first-order valence-electron chi connectivity index (χ1n) is 3.62. The van der Waals surface area contributed by atoms with Gasteiger partial charge in [0.25, 0.3) is 0 Å². The van der Waals surface area contributed by atoms with Crippen molar-refractivity contribution in [3.8, 4) is 0 Å². The molecule has 11 heavy (non-hydrogen) atoms. The summed E-state index contributed by atoms with van der Waals surface area (Å²) in [5.74, 6) is 0.419. The summed E-state index contributed by atoms with van der Waals surface area (Å²) in [7, 11) is 0.